The largest absolute Gasteiger partial charge is 0.492 e. The first kappa shape index (κ1) is 18.1. The van der Waals surface area contributed by atoms with Crippen LogP contribution < -0.4 is 10.1 Å². The van der Waals surface area contributed by atoms with Gasteiger partial charge in [-0.2, -0.15) is 0 Å². The lowest BCUT2D eigenvalue weighted by molar-refractivity contribution is 0.332. The molecule has 0 saturated heterocycles. The second-order valence-corrected chi connectivity index (χ2v) is 7.98. The Kier molecular flexibility index (Phi) is 8.32. The van der Waals surface area contributed by atoms with Gasteiger partial charge in [-0.25, -0.2) is 0 Å². The average Bonchev–Trinajstić information content (AvgIpc) is 2.37. The number of hydrogen-bond donors (Lipinski definition) is 1. The average molecular weight is 427 g/mol. The van der Waals surface area contributed by atoms with E-state index in [0.717, 1.165) is 39.0 Å². The van der Waals surface area contributed by atoms with Gasteiger partial charge in [0, 0.05) is 45.4 Å². The topological polar surface area (TPSA) is 38.3 Å². The van der Waals surface area contributed by atoms with Crippen molar-refractivity contribution in [3.8, 4) is 5.75 Å². The first-order valence-corrected chi connectivity index (χ1v) is 9.89. The molecule has 0 bridgehead atoms. The maximum Gasteiger partial charge on any atom is 0.138 e. The SMILES string of the molecule is CCOc1c(Br)cc(Br)cc1CNC(C)CCS(C)=O. The van der Waals surface area contributed by atoms with Crippen LogP contribution in [-0.4, -0.2) is 28.9 Å². The number of halogens is 2. The van der Waals surface area contributed by atoms with Gasteiger partial charge in [0.1, 0.15) is 5.75 Å². The van der Waals surface area contributed by atoms with Gasteiger partial charge in [-0.3, -0.25) is 4.21 Å². The van der Waals surface area contributed by atoms with E-state index < -0.39 is 10.8 Å². The molecule has 0 heterocycles. The number of benzene rings is 1. The molecule has 0 spiro atoms. The minimum Gasteiger partial charge on any atom is -0.492 e. The molecule has 0 aliphatic carbocycles. The minimum atomic E-state index is -0.729. The highest BCUT2D eigenvalue weighted by atomic mass is 79.9. The fourth-order valence-corrected chi connectivity index (χ4v) is 3.89. The van der Waals surface area contributed by atoms with Crippen molar-refractivity contribution in [3.63, 3.8) is 0 Å². The van der Waals surface area contributed by atoms with Crippen LogP contribution in [0.5, 0.6) is 5.75 Å². The molecular weight excluding hydrogens is 406 g/mol. The van der Waals surface area contributed by atoms with Crippen molar-refractivity contribution in [2.24, 2.45) is 0 Å². The van der Waals surface area contributed by atoms with Gasteiger partial charge in [-0.1, -0.05) is 15.9 Å². The third-order valence-corrected chi connectivity index (χ3v) is 4.71. The van der Waals surface area contributed by atoms with Crippen LogP contribution in [0.1, 0.15) is 25.8 Å². The number of ether oxygens (including phenoxy) is 1. The Morgan fingerprint density at radius 3 is 2.70 bits per heavy atom. The van der Waals surface area contributed by atoms with Crippen molar-refractivity contribution in [2.45, 2.75) is 32.9 Å². The van der Waals surface area contributed by atoms with E-state index in [4.69, 9.17) is 4.74 Å². The standard InChI is InChI=1S/C14H21Br2NO2S/c1-4-19-14-11(7-12(15)8-13(14)16)9-17-10(2)5-6-20(3)18/h7-8,10,17H,4-6,9H2,1-3H3. The highest BCUT2D eigenvalue weighted by Crippen LogP contribution is 2.33. The van der Waals surface area contributed by atoms with Crippen LogP contribution in [0.25, 0.3) is 0 Å². The molecule has 0 aromatic heterocycles. The molecule has 20 heavy (non-hydrogen) atoms. The van der Waals surface area contributed by atoms with Gasteiger partial charge in [-0.05, 0) is 48.3 Å². The molecule has 0 aliphatic heterocycles. The van der Waals surface area contributed by atoms with Crippen LogP contribution in [0.4, 0.5) is 0 Å². The molecule has 1 aromatic rings. The van der Waals surface area contributed by atoms with Crippen molar-refractivity contribution in [1.82, 2.24) is 5.32 Å². The molecule has 1 N–H and O–H groups in total. The van der Waals surface area contributed by atoms with Gasteiger partial charge < -0.3 is 10.1 Å². The lowest BCUT2D eigenvalue weighted by Gasteiger charge is -2.17. The van der Waals surface area contributed by atoms with E-state index in [2.05, 4.69) is 50.2 Å². The zero-order valence-corrected chi connectivity index (χ0v) is 16.0. The highest BCUT2D eigenvalue weighted by molar-refractivity contribution is 9.11. The molecule has 0 fully saturated rings. The third-order valence-electron chi connectivity index (χ3n) is 2.85. The zero-order chi connectivity index (χ0) is 15.1. The Morgan fingerprint density at radius 1 is 1.40 bits per heavy atom. The number of nitrogens with one attached hydrogen (secondary N) is 1. The van der Waals surface area contributed by atoms with Crippen LogP contribution >= 0.6 is 31.9 Å². The molecule has 1 aromatic carbocycles. The van der Waals surface area contributed by atoms with Crippen molar-refractivity contribution >= 4 is 42.7 Å². The maximum atomic E-state index is 11.1. The molecule has 114 valence electrons. The maximum absolute atomic E-state index is 11.1. The summed E-state index contributed by atoms with van der Waals surface area (Å²) < 4.78 is 18.8. The molecule has 0 aliphatic rings. The monoisotopic (exact) mass is 425 g/mol. The summed E-state index contributed by atoms with van der Waals surface area (Å²) in [6, 6.07) is 4.37. The third kappa shape index (κ3) is 6.24. The summed E-state index contributed by atoms with van der Waals surface area (Å²) in [6.45, 7) is 5.45. The lowest BCUT2D eigenvalue weighted by atomic mass is 10.1. The quantitative estimate of drug-likeness (QED) is 0.685. The predicted octanol–water partition coefficient (Wildman–Crippen LogP) is 3.86. The van der Waals surface area contributed by atoms with Crippen LogP contribution in [0.2, 0.25) is 0 Å². The Morgan fingerprint density at radius 2 is 2.10 bits per heavy atom. The summed E-state index contributed by atoms with van der Waals surface area (Å²) in [5.74, 6) is 1.61. The molecule has 6 heteroatoms. The van der Waals surface area contributed by atoms with Crippen molar-refractivity contribution in [1.29, 1.82) is 0 Å². The first-order chi connectivity index (χ1) is 9.43. The Balaban J connectivity index is 2.68. The van der Waals surface area contributed by atoms with Crippen LogP contribution in [0.15, 0.2) is 21.1 Å². The number of hydrogen-bond acceptors (Lipinski definition) is 3. The summed E-state index contributed by atoms with van der Waals surface area (Å²) >= 11 is 7.03. The van der Waals surface area contributed by atoms with E-state index >= 15 is 0 Å². The van der Waals surface area contributed by atoms with E-state index in [-0.39, 0.29) is 0 Å². The van der Waals surface area contributed by atoms with E-state index in [1.807, 2.05) is 13.0 Å². The van der Waals surface area contributed by atoms with E-state index in [0.29, 0.717) is 12.6 Å². The van der Waals surface area contributed by atoms with Gasteiger partial charge in [0.15, 0.2) is 0 Å². The second-order valence-electron chi connectivity index (χ2n) is 4.66. The van der Waals surface area contributed by atoms with E-state index in [1.165, 1.54) is 0 Å². The van der Waals surface area contributed by atoms with Crippen molar-refractivity contribution in [3.05, 3.63) is 26.6 Å². The van der Waals surface area contributed by atoms with Gasteiger partial charge in [0.05, 0.1) is 11.1 Å². The van der Waals surface area contributed by atoms with Crippen LogP contribution in [0.3, 0.4) is 0 Å². The molecule has 3 nitrogen and oxygen atoms in total. The Labute approximate surface area is 140 Å². The fourth-order valence-electron chi connectivity index (χ4n) is 1.78. The molecule has 0 saturated carbocycles. The Bertz CT molecular complexity index is 469. The predicted molar refractivity (Wildman–Crippen MR) is 92.9 cm³/mol. The molecule has 2 atom stereocenters. The zero-order valence-electron chi connectivity index (χ0n) is 12.0. The smallest absolute Gasteiger partial charge is 0.138 e. The number of rotatable bonds is 8. The molecule has 0 radical (unpaired) electrons. The summed E-state index contributed by atoms with van der Waals surface area (Å²) in [5.41, 5.74) is 1.11. The van der Waals surface area contributed by atoms with E-state index in [1.54, 1.807) is 6.26 Å². The van der Waals surface area contributed by atoms with Gasteiger partial charge in [0.2, 0.25) is 0 Å². The van der Waals surface area contributed by atoms with E-state index in [9.17, 15) is 4.21 Å². The molecular formula is C14H21Br2NO2S. The van der Waals surface area contributed by atoms with Gasteiger partial charge in [0.25, 0.3) is 0 Å². The molecule has 2 unspecified atom stereocenters. The van der Waals surface area contributed by atoms with Crippen LogP contribution in [-0.2, 0) is 17.3 Å². The summed E-state index contributed by atoms with van der Waals surface area (Å²) in [7, 11) is -0.729. The van der Waals surface area contributed by atoms with Crippen LogP contribution in [0, 0.1) is 0 Å². The lowest BCUT2D eigenvalue weighted by Crippen LogP contribution is -2.27. The first-order valence-electron chi connectivity index (χ1n) is 6.58. The molecule has 0 amide bonds. The highest BCUT2D eigenvalue weighted by Gasteiger charge is 2.11. The van der Waals surface area contributed by atoms with Gasteiger partial charge >= 0.3 is 0 Å². The Hall–Kier alpha value is 0.0900. The summed E-state index contributed by atoms with van der Waals surface area (Å²) in [6.07, 6.45) is 2.65. The molecule has 1 rings (SSSR count). The van der Waals surface area contributed by atoms with Crippen molar-refractivity contribution < 1.29 is 8.95 Å². The summed E-state index contributed by atoms with van der Waals surface area (Å²) in [5, 5.41) is 3.45. The normalized spacial score (nSPS) is 14.1. The summed E-state index contributed by atoms with van der Waals surface area (Å²) in [4.78, 5) is 0. The second kappa shape index (κ2) is 9.18. The minimum absolute atomic E-state index is 0.325. The fraction of sp³-hybridized carbons (Fsp3) is 0.571. The van der Waals surface area contributed by atoms with Gasteiger partial charge in [-0.15, -0.1) is 0 Å². The van der Waals surface area contributed by atoms with Crippen molar-refractivity contribution in [2.75, 3.05) is 18.6 Å².